The first kappa shape index (κ1) is 10.7. The lowest BCUT2D eigenvalue weighted by atomic mass is 10.2. The first-order valence-corrected chi connectivity index (χ1v) is 5.66. The Kier molecular flexibility index (Phi) is 2.92. The average molecular weight is 237 g/mol. The van der Waals surface area contributed by atoms with E-state index < -0.39 is 0 Å². The van der Waals surface area contributed by atoms with Crippen LogP contribution in [0.25, 0.3) is 0 Å². The summed E-state index contributed by atoms with van der Waals surface area (Å²) in [5.74, 6) is 0.335. The van der Waals surface area contributed by atoms with Crippen molar-refractivity contribution in [1.29, 1.82) is 5.26 Å². The number of anilines is 2. The Balaban J connectivity index is 1.95. The van der Waals surface area contributed by atoms with Gasteiger partial charge in [0.2, 0.25) is 5.91 Å². The predicted octanol–water partition coefficient (Wildman–Crippen LogP) is 0.287. The van der Waals surface area contributed by atoms with E-state index >= 15 is 0 Å². The average Bonchev–Trinajstić information content (AvgIpc) is 2.82. The standard InChI is InChI=1S/C9H11N5OS/c10-3-6-8(11)14-16-9(6)12-4-5-1-2-7(15)13-5/h5,12H,1-2,4H2,(H2,11,14)(H,13,15). The molecular weight excluding hydrogens is 226 g/mol. The maximum Gasteiger partial charge on any atom is 0.220 e. The summed E-state index contributed by atoms with van der Waals surface area (Å²) in [6.45, 7) is 0.599. The van der Waals surface area contributed by atoms with Gasteiger partial charge in [0.05, 0.1) is 0 Å². The second-order valence-electron chi connectivity index (χ2n) is 3.57. The number of carbonyl (C=O) groups excluding carboxylic acids is 1. The summed E-state index contributed by atoms with van der Waals surface area (Å²) in [5, 5.41) is 15.4. The second-order valence-corrected chi connectivity index (χ2v) is 4.34. The molecule has 1 atom stereocenters. The number of nitrogen functional groups attached to an aromatic ring is 1. The highest BCUT2D eigenvalue weighted by Gasteiger charge is 2.21. The van der Waals surface area contributed by atoms with Crippen LogP contribution in [0.3, 0.4) is 0 Å². The molecule has 1 fully saturated rings. The normalized spacial score (nSPS) is 19.2. The molecule has 84 valence electrons. The van der Waals surface area contributed by atoms with E-state index in [2.05, 4.69) is 15.0 Å². The third-order valence-corrected chi connectivity index (χ3v) is 3.24. The number of hydrogen-bond donors (Lipinski definition) is 3. The van der Waals surface area contributed by atoms with Crippen molar-refractivity contribution in [2.24, 2.45) is 0 Å². The molecule has 0 aliphatic carbocycles. The number of carbonyl (C=O) groups is 1. The van der Waals surface area contributed by atoms with E-state index in [4.69, 9.17) is 11.0 Å². The third-order valence-electron chi connectivity index (χ3n) is 2.42. The Morgan fingerprint density at radius 1 is 1.75 bits per heavy atom. The smallest absolute Gasteiger partial charge is 0.220 e. The van der Waals surface area contributed by atoms with Crippen LogP contribution in [0.4, 0.5) is 10.8 Å². The van der Waals surface area contributed by atoms with Crippen LogP contribution in [-0.2, 0) is 4.79 Å². The van der Waals surface area contributed by atoms with Gasteiger partial charge in [0.15, 0.2) is 5.82 Å². The molecule has 0 bridgehead atoms. The largest absolute Gasteiger partial charge is 0.382 e. The van der Waals surface area contributed by atoms with E-state index in [-0.39, 0.29) is 17.8 Å². The van der Waals surface area contributed by atoms with Crippen LogP contribution in [0.1, 0.15) is 18.4 Å². The Morgan fingerprint density at radius 2 is 2.56 bits per heavy atom. The number of nitrogens with one attached hydrogen (secondary N) is 2. The molecule has 2 rings (SSSR count). The number of aromatic nitrogens is 1. The van der Waals surface area contributed by atoms with Gasteiger partial charge in [-0.05, 0) is 18.0 Å². The monoisotopic (exact) mass is 237 g/mol. The topological polar surface area (TPSA) is 104 Å². The highest BCUT2D eigenvalue weighted by molar-refractivity contribution is 7.10. The summed E-state index contributed by atoms with van der Waals surface area (Å²) in [5.41, 5.74) is 5.91. The van der Waals surface area contributed by atoms with Gasteiger partial charge < -0.3 is 16.4 Å². The number of rotatable bonds is 3. The van der Waals surface area contributed by atoms with Crippen molar-refractivity contribution in [2.45, 2.75) is 18.9 Å². The van der Waals surface area contributed by atoms with Gasteiger partial charge in [-0.15, -0.1) is 0 Å². The summed E-state index contributed by atoms with van der Waals surface area (Å²) < 4.78 is 3.89. The molecule has 1 aliphatic rings. The minimum atomic E-state index is 0.0797. The van der Waals surface area contributed by atoms with Crippen molar-refractivity contribution in [1.82, 2.24) is 9.69 Å². The van der Waals surface area contributed by atoms with Crippen molar-refractivity contribution >= 4 is 28.3 Å². The Morgan fingerprint density at radius 3 is 3.19 bits per heavy atom. The maximum absolute atomic E-state index is 11.0. The molecule has 0 spiro atoms. The highest BCUT2D eigenvalue weighted by atomic mass is 32.1. The molecule has 16 heavy (non-hydrogen) atoms. The minimum absolute atomic E-state index is 0.0797. The SMILES string of the molecule is N#Cc1c(N)nsc1NCC1CCC(=O)N1. The predicted molar refractivity (Wildman–Crippen MR) is 60.9 cm³/mol. The van der Waals surface area contributed by atoms with E-state index in [0.717, 1.165) is 18.0 Å². The van der Waals surface area contributed by atoms with Crippen LogP contribution < -0.4 is 16.4 Å². The first-order chi connectivity index (χ1) is 7.70. The fraction of sp³-hybridized carbons (Fsp3) is 0.444. The number of amides is 1. The molecule has 7 heteroatoms. The van der Waals surface area contributed by atoms with Gasteiger partial charge in [-0.1, -0.05) is 0 Å². The molecule has 4 N–H and O–H groups in total. The summed E-state index contributed by atoms with van der Waals surface area (Å²) in [4.78, 5) is 11.0. The molecule has 0 aromatic carbocycles. The van der Waals surface area contributed by atoms with E-state index in [1.807, 2.05) is 6.07 Å². The Hall–Kier alpha value is -1.81. The van der Waals surface area contributed by atoms with Gasteiger partial charge in [0, 0.05) is 19.0 Å². The van der Waals surface area contributed by atoms with E-state index in [9.17, 15) is 4.79 Å². The lowest BCUT2D eigenvalue weighted by Crippen LogP contribution is -2.31. The first-order valence-electron chi connectivity index (χ1n) is 4.89. The highest BCUT2D eigenvalue weighted by Crippen LogP contribution is 2.25. The fourth-order valence-corrected chi connectivity index (χ4v) is 2.25. The van der Waals surface area contributed by atoms with Crippen LogP contribution in [0.2, 0.25) is 0 Å². The van der Waals surface area contributed by atoms with Gasteiger partial charge >= 0.3 is 0 Å². The summed E-state index contributed by atoms with van der Waals surface area (Å²) in [6.07, 6.45) is 1.39. The van der Waals surface area contributed by atoms with Crippen LogP contribution >= 0.6 is 11.5 Å². The van der Waals surface area contributed by atoms with Crippen LogP contribution in [0.5, 0.6) is 0 Å². The molecule has 1 saturated heterocycles. The van der Waals surface area contributed by atoms with Crippen molar-refractivity contribution in [3.05, 3.63) is 5.56 Å². The Bertz CT molecular complexity index is 449. The molecule has 0 radical (unpaired) electrons. The van der Waals surface area contributed by atoms with Crippen LogP contribution in [0.15, 0.2) is 0 Å². The number of hydrogen-bond acceptors (Lipinski definition) is 6. The quantitative estimate of drug-likeness (QED) is 0.700. The molecular formula is C9H11N5OS. The molecule has 1 amide bonds. The van der Waals surface area contributed by atoms with Crippen molar-refractivity contribution in [3.8, 4) is 6.07 Å². The summed E-state index contributed by atoms with van der Waals surface area (Å²) in [6, 6.07) is 2.13. The van der Waals surface area contributed by atoms with Crippen molar-refractivity contribution < 1.29 is 4.79 Å². The van der Waals surface area contributed by atoms with Crippen LogP contribution in [-0.4, -0.2) is 22.9 Å². The Labute approximate surface area is 96.6 Å². The number of nitrogens with two attached hydrogens (primary N) is 1. The van der Waals surface area contributed by atoms with E-state index in [0.29, 0.717) is 23.5 Å². The molecule has 2 heterocycles. The van der Waals surface area contributed by atoms with Gasteiger partial charge in [-0.2, -0.15) is 9.64 Å². The molecule has 1 aromatic heterocycles. The lowest BCUT2D eigenvalue weighted by Gasteiger charge is -2.10. The lowest BCUT2D eigenvalue weighted by molar-refractivity contribution is -0.119. The summed E-state index contributed by atoms with van der Waals surface area (Å²) in [7, 11) is 0. The molecule has 1 aliphatic heterocycles. The van der Waals surface area contributed by atoms with E-state index in [1.165, 1.54) is 0 Å². The third kappa shape index (κ3) is 2.06. The van der Waals surface area contributed by atoms with Crippen molar-refractivity contribution in [2.75, 3.05) is 17.6 Å². The molecule has 0 saturated carbocycles. The van der Waals surface area contributed by atoms with Gasteiger partial charge in [0.25, 0.3) is 0 Å². The molecule has 1 aromatic rings. The van der Waals surface area contributed by atoms with Crippen LogP contribution in [0, 0.1) is 11.3 Å². The van der Waals surface area contributed by atoms with Gasteiger partial charge in [-0.3, -0.25) is 4.79 Å². The maximum atomic E-state index is 11.0. The zero-order valence-electron chi connectivity index (χ0n) is 8.49. The molecule has 1 unspecified atom stereocenters. The fourth-order valence-electron chi connectivity index (χ4n) is 1.58. The number of nitrogens with zero attached hydrogens (tertiary/aromatic N) is 2. The minimum Gasteiger partial charge on any atom is -0.382 e. The van der Waals surface area contributed by atoms with E-state index in [1.54, 1.807) is 0 Å². The summed E-state index contributed by atoms with van der Waals surface area (Å²) >= 11 is 1.16. The van der Waals surface area contributed by atoms with Gasteiger partial charge in [-0.25, -0.2) is 0 Å². The zero-order chi connectivity index (χ0) is 11.5. The molecule has 6 nitrogen and oxygen atoms in total. The van der Waals surface area contributed by atoms with Gasteiger partial charge in [0.1, 0.15) is 16.6 Å². The second kappa shape index (κ2) is 4.37. The zero-order valence-corrected chi connectivity index (χ0v) is 9.30. The number of nitriles is 1. The van der Waals surface area contributed by atoms with Crippen molar-refractivity contribution in [3.63, 3.8) is 0 Å².